The first-order chi connectivity index (χ1) is 9.86. The molecule has 3 rings (SSSR count). The van der Waals surface area contributed by atoms with Gasteiger partial charge in [-0.15, -0.1) is 11.6 Å². The van der Waals surface area contributed by atoms with E-state index in [1.807, 2.05) is 12.1 Å². The fourth-order valence-electron chi connectivity index (χ4n) is 2.18. The molecule has 1 unspecified atom stereocenters. The number of hydrogen-bond donors (Lipinski definition) is 1. The van der Waals surface area contributed by atoms with Gasteiger partial charge < -0.3 is 9.46 Å². The normalized spacial score (nSPS) is 16.9. The van der Waals surface area contributed by atoms with E-state index in [4.69, 9.17) is 16.3 Å². The second-order valence-corrected chi connectivity index (χ2v) is 6.02. The molecule has 0 bridgehead atoms. The topological polar surface area (TPSA) is 21.3 Å². The quantitative estimate of drug-likeness (QED) is 0.623. The van der Waals surface area contributed by atoms with Crippen LogP contribution in [0.5, 0.6) is 5.75 Å². The molecule has 0 spiro atoms. The third-order valence-electron chi connectivity index (χ3n) is 3.22. The lowest BCUT2D eigenvalue weighted by Crippen LogP contribution is -2.19. The Kier molecular flexibility index (Phi) is 4.38. The van der Waals surface area contributed by atoms with Gasteiger partial charge in [0.2, 0.25) is 0 Å². The first-order valence-corrected chi connectivity index (χ1v) is 8.12. The Morgan fingerprint density at radius 1 is 1.10 bits per heavy atom. The lowest BCUT2D eigenvalue weighted by atomic mass is 10.1. The molecule has 0 saturated heterocycles. The molecule has 0 saturated carbocycles. The Balaban J connectivity index is 1.78. The van der Waals surface area contributed by atoms with Crippen LogP contribution in [0.4, 0.5) is 5.69 Å². The van der Waals surface area contributed by atoms with Crippen LogP contribution in [0.3, 0.4) is 0 Å². The van der Waals surface area contributed by atoms with Crippen molar-refractivity contribution in [1.82, 2.24) is 0 Å². The molecule has 1 atom stereocenters. The summed E-state index contributed by atoms with van der Waals surface area (Å²) in [5, 5.41) is 0. The van der Waals surface area contributed by atoms with E-state index in [-0.39, 0.29) is 5.44 Å². The van der Waals surface area contributed by atoms with Gasteiger partial charge in [0.1, 0.15) is 5.75 Å². The summed E-state index contributed by atoms with van der Waals surface area (Å²) >= 11 is 7.34. The molecule has 2 aromatic carbocycles. The van der Waals surface area contributed by atoms with Gasteiger partial charge in [0.15, 0.2) is 5.44 Å². The average Bonchev–Trinajstić information content (AvgIpc) is 2.53. The first kappa shape index (κ1) is 13.7. The van der Waals surface area contributed by atoms with Crippen LogP contribution in [0.1, 0.15) is 12.8 Å². The van der Waals surface area contributed by atoms with Gasteiger partial charge in [-0.2, -0.15) is 0 Å². The Morgan fingerprint density at radius 2 is 1.95 bits per heavy atom. The molecule has 2 nitrogen and oxygen atoms in total. The van der Waals surface area contributed by atoms with Gasteiger partial charge in [-0.25, -0.2) is 0 Å². The molecule has 0 fully saturated rings. The fraction of sp³-hybridized carbons (Fsp3) is 0.250. The van der Waals surface area contributed by atoms with E-state index in [9.17, 15) is 0 Å². The maximum absolute atomic E-state index is 5.97. The number of nitrogens with one attached hydrogen (secondary N) is 1. The van der Waals surface area contributed by atoms with Gasteiger partial charge in [0.25, 0.3) is 0 Å². The Hall–Kier alpha value is -1.32. The molecule has 0 amide bonds. The van der Waals surface area contributed by atoms with Crippen LogP contribution in [0, 0.1) is 0 Å². The Labute approximate surface area is 128 Å². The number of rotatable bonds is 4. The van der Waals surface area contributed by atoms with E-state index >= 15 is 0 Å². The summed E-state index contributed by atoms with van der Waals surface area (Å²) in [6.07, 6.45) is 1.93. The second kappa shape index (κ2) is 6.42. The summed E-state index contributed by atoms with van der Waals surface area (Å²) in [5.41, 5.74) is 3.59. The largest absolute Gasteiger partial charge is 0.476 e. The standard InChI is InChI=1S/C16H16ClNOS/c17-10-4-7-16-19-15-9-8-13(11-14(15)18-20-16)12-5-2-1-3-6-12/h1-3,5-6,8-9,11,16,18H,4,7,10H2. The van der Waals surface area contributed by atoms with E-state index in [0.717, 1.165) is 24.3 Å². The Bertz CT molecular complexity index is 576. The van der Waals surface area contributed by atoms with Gasteiger partial charge in [-0.05, 0) is 48.0 Å². The number of halogens is 1. The highest BCUT2D eigenvalue weighted by atomic mass is 35.5. The zero-order valence-corrected chi connectivity index (χ0v) is 12.6. The molecule has 104 valence electrons. The summed E-state index contributed by atoms with van der Waals surface area (Å²) in [4.78, 5) is 0. The summed E-state index contributed by atoms with van der Waals surface area (Å²) in [6, 6.07) is 16.6. The van der Waals surface area contributed by atoms with Crippen molar-refractivity contribution in [1.29, 1.82) is 0 Å². The summed E-state index contributed by atoms with van der Waals surface area (Å²) in [5.74, 6) is 1.60. The van der Waals surface area contributed by atoms with Crippen LogP contribution in [0.15, 0.2) is 48.5 Å². The number of benzene rings is 2. The third-order valence-corrected chi connectivity index (χ3v) is 4.42. The molecular formula is C16H16ClNOS. The fourth-order valence-corrected chi connectivity index (χ4v) is 3.19. The van der Waals surface area contributed by atoms with Crippen molar-refractivity contribution in [3.8, 4) is 16.9 Å². The van der Waals surface area contributed by atoms with Crippen molar-refractivity contribution in [2.24, 2.45) is 0 Å². The first-order valence-electron chi connectivity index (χ1n) is 6.70. The minimum absolute atomic E-state index is 0.142. The molecular weight excluding hydrogens is 290 g/mol. The van der Waals surface area contributed by atoms with Crippen LogP contribution in [-0.4, -0.2) is 11.3 Å². The number of hydrogen-bond acceptors (Lipinski definition) is 3. The van der Waals surface area contributed by atoms with Crippen LogP contribution in [-0.2, 0) is 0 Å². The van der Waals surface area contributed by atoms with E-state index in [1.54, 1.807) is 11.9 Å². The summed E-state index contributed by atoms with van der Waals surface area (Å²) in [6.45, 7) is 0. The van der Waals surface area contributed by atoms with Crippen LogP contribution >= 0.6 is 23.5 Å². The van der Waals surface area contributed by atoms with Crippen LogP contribution in [0.25, 0.3) is 11.1 Å². The van der Waals surface area contributed by atoms with E-state index < -0.39 is 0 Å². The summed E-state index contributed by atoms with van der Waals surface area (Å²) < 4.78 is 9.35. The predicted octanol–water partition coefficient (Wildman–Crippen LogP) is 5.15. The monoisotopic (exact) mass is 305 g/mol. The van der Waals surface area contributed by atoms with Crippen LogP contribution < -0.4 is 9.46 Å². The third kappa shape index (κ3) is 3.05. The van der Waals surface area contributed by atoms with Gasteiger partial charge >= 0.3 is 0 Å². The lowest BCUT2D eigenvalue weighted by molar-refractivity contribution is 0.275. The zero-order valence-electron chi connectivity index (χ0n) is 11.0. The predicted molar refractivity (Wildman–Crippen MR) is 87.5 cm³/mol. The highest BCUT2D eigenvalue weighted by Crippen LogP contribution is 2.38. The number of anilines is 1. The molecule has 1 aliphatic heterocycles. The van der Waals surface area contributed by atoms with Crippen molar-refractivity contribution in [2.75, 3.05) is 10.6 Å². The summed E-state index contributed by atoms with van der Waals surface area (Å²) in [7, 11) is 0. The Morgan fingerprint density at radius 3 is 2.75 bits per heavy atom. The molecule has 1 aliphatic rings. The maximum atomic E-state index is 5.97. The van der Waals surface area contributed by atoms with Crippen molar-refractivity contribution < 1.29 is 4.74 Å². The molecule has 0 radical (unpaired) electrons. The lowest BCUT2D eigenvalue weighted by Gasteiger charge is -2.26. The molecule has 0 aliphatic carbocycles. The second-order valence-electron chi connectivity index (χ2n) is 4.68. The van der Waals surface area contributed by atoms with E-state index in [1.165, 1.54) is 11.1 Å². The molecule has 4 heteroatoms. The van der Waals surface area contributed by atoms with Gasteiger partial charge in [0.05, 0.1) is 5.69 Å². The smallest absolute Gasteiger partial charge is 0.163 e. The number of fused-ring (bicyclic) bond motifs is 1. The molecule has 1 N–H and O–H groups in total. The van der Waals surface area contributed by atoms with Crippen LogP contribution in [0.2, 0.25) is 0 Å². The average molecular weight is 306 g/mol. The minimum atomic E-state index is 0.142. The van der Waals surface area contributed by atoms with Crippen molar-refractivity contribution >= 4 is 29.2 Å². The highest BCUT2D eigenvalue weighted by Gasteiger charge is 2.20. The molecule has 1 heterocycles. The van der Waals surface area contributed by atoms with Crippen molar-refractivity contribution in [2.45, 2.75) is 18.3 Å². The van der Waals surface area contributed by atoms with Crippen molar-refractivity contribution in [3.63, 3.8) is 0 Å². The molecule has 20 heavy (non-hydrogen) atoms. The minimum Gasteiger partial charge on any atom is -0.476 e. The van der Waals surface area contributed by atoms with E-state index in [2.05, 4.69) is 41.1 Å². The number of alkyl halides is 1. The highest BCUT2D eigenvalue weighted by molar-refractivity contribution is 8.01. The van der Waals surface area contributed by atoms with Gasteiger partial charge in [0, 0.05) is 5.88 Å². The van der Waals surface area contributed by atoms with Gasteiger partial charge in [-0.3, -0.25) is 0 Å². The van der Waals surface area contributed by atoms with E-state index in [0.29, 0.717) is 5.88 Å². The SMILES string of the molecule is ClCCCC1Oc2ccc(-c3ccccc3)cc2NS1. The maximum Gasteiger partial charge on any atom is 0.163 e. The molecule has 2 aromatic rings. The number of ether oxygens (including phenoxy) is 1. The zero-order chi connectivity index (χ0) is 13.8. The molecule has 0 aromatic heterocycles. The van der Waals surface area contributed by atoms with Crippen molar-refractivity contribution in [3.05, 3.63) is 48.5 Å². The van der Waals surface area contributed by atoms with Gasteiger partial charge in [-0.1, -0.05) is 36.4 Å².